The van der Waals surface area contributed by atoms with Crippen LogP contribution in [0.1, 0.15) is 36.6 Å². The Hall–Kier alpha value is -3.02. The third kappa shape index (κ3) is 2.33. The van der Waals surface area contributed by atoms with Gasteiger partial charge in [0.15, 0.2) is 5.82 Å². The Labute approximate surface area is 145 Å². The van der Waals surface area contributed by atoms with Crippen molar-refractivity contribution in [2.45, 2.75) is 26.3 Å². The zero-order chi connectivity index (χ0) is 17.8. The van der Waals surface area contributed by atoms with Gasteiger partial charge in [-0.15, -0.1) is 10.2 Å². The van der Waals surface area contributed by atoms with Gasteiger partial charge in [-0.1, -0.05) is 12.1 Å². The number of halogens is 1. The van der Waals surface area contributed by atoms with Gasteiger partial charge in [0.05, 0.1) is 11.4 Å². The number of aromatic nitrogens is 3. The molecule has 0 spiro atoms. The molecule has 0 bridgehead atoms. The van der Waals surface area contributed by atoms with Gasteiger partial charge in [-0.05, 0) is 51.1 Å². The molecule has 1 aliphatic rings. The summed E-state index contributed by atoms with van der Waals surface area (Å²) in [7, 11) is 0. The van der Waals surface area contributed by atoms with Gasteiger partial charge in [0.1, 0.15) is 17.2 Å². The largest absolute Gasteiger partial charge is 0.399 e. The molecule has 126 valence electrons. The average Bonchev–Trinajstić information content (AvgIpc) is 2.92. The van der Waals surface area contributed by atoms with Gasteiger partial charge in [0.2, 0.25) is 0 Å². The van der Waals surface area contributed by atoms with Crippen LogP contribution in [0.5, 0.6) is 0 Å². The lowest BCUT2D eigenvalue weighted by atomic mass is 9.98. The van der Waals surface area contributed by atoms with Gasteiger partial charge >= 0.3 is 0 Å². The summed E-state index contributed by atoms with van der Waals surface area (Å²) >= 11 is 0. The molecule has 0 saturated heterocycles. The van der Waals surface area contributed by atoms with Crippen molar-refractivity contribution in [1.82, 2.24) is 14.8 Å². The molecule has 4 rings (SSSR count). The standard InChI is InChI=1S/C19H18FN5/c1-11-23-24-18-19(2,3)22-17(13-6-4-5-7-15(13)20)14-10-12(21)8-9-16(14)25(11)18/h4-10H,21H2,1-3H3. The number of fused-ring (bicyclic) bond motifs is 3. The first-order chi connectivity index (χ1) is 11.9. The fourth-order valence-corrected chi connectivity index (χ4v) is 3.23. The summed E-state index contributed by atoms with van der Waals surface area (Å²) in [6, 6.07) is 12.2. The molecule has 2 aromatic carbocycles. The van der Waals surface area contributed by atoms with Crippen LogP contribution in [0.2, 0.25) is 0 Å². The molecule has 2 heterocycles. The molecule has 0 fully saturated rings. The molecule has 3 aromatic rings. The molecule has 1 aliphatic heterocycles. The summed E-state index contributed by atoms with van der Waals surface area (Å²) in [5, 5.41) is 8.53. The summed E-state index contributed by atoms with van der Waals surface area (Å²) in [5.41, 5.74) is 8.56. The number of nitrogens with zero attached hydrogens (tertiary/aromatic N) is 4. The van der Waals surface area contributed by atoms with Crippen LogP contribution < -0.4 is 5.73 Å². The van der Waals surface area contributed by atoms with Crippen molar-refractivity contribution in [3.63, 3.8) is 0 Å². The van der Waals surface area contributed by atoms with Crippen LogP contribution in [0.25, 0.3) is 5.69 Å². The molecule has 1 aromatic heterocycles. The molecular formula is C19H18FN5. The van der Waals surface area contributed by atoms with Crippen molar-refractivity contribution in [3.05, 3.63) is 71.1 Å². The Kier molecular flexibility index (Phi) is 3.25. The second-order valence-corrected chi connectivity index (χ2v) is 6.68. The van der Waals surface area contributed by atoms with Crippen molar-refractivity contribution in [2.75, 3.05) is 5.73 Å². The molecule has 0 radical (unpaired) electrons. The fourth-order valence-electron chi connectivity index (χ4n) is 3.23. The van der Waals surface area contributed by atoms with Crippen LogP contribution in [0, 0.1) is 12.7 Å². The zero-order valence-corrected chi connectivity index (χ0v) is 14.3. The van der Waals surface area contributed by atoms with E-state index in [4.69, 9.17) is 10.7 Å². The van der Waals surface area contributed by atoms with E-state index in [9.17, 15) is 4.39 Å². The number of hydrogen-bond acceptors (Lipinski definition) is 4. The van der Waals surface area contributed by atoms with Gasteiger partial charge in [-0.25, -0.2) is 4.39 Å². The first kappa shape index (κ1) is 15.5. The van der Waals surface area contributed by atoms with E-state index in [0.29, 0.717) is 22.8 Å². The van der Waals surface area contributed by atoms with Gasteiger partial charge in [0, 0.05) is 16.8 Å². The van der Waals surface area contributed by atoms with E-state index in [0.717, 1.165) is 17.1 Å². The average molecular weight is 335 g/mol. The van der Waals surface area contributed by atoms with E-state index in [1.165, 1.54) is 6.07 Å². The Bertz CT molecular complexity index is 1020. The van der Waals surface area contributed by atoms with Crippen LogP contribution in [-0.4, -0.2) is 20.5 Å². The van der Waals surface area contributed by atoms with Crippen LogP contribution in [0.15, 0.2) is 47.5 Å². The van der Waals surface area contributed by atoms with E-state index < -0.39 is 5.54 Å². The number of rotatable bonds is 1. The second kappa shape index (κ2) is 5.24. The Morgan fingerprint density at radius 2 is 1.80 bits per heavy atom. The molecule has 0 unspecified atom stereocenters. The van der Waals surface area contributed by atoms with E-state index in [1.54, 1.807) is 18.2 Å². The lowest BCUT2D eigenvalue weighted by molar-refractivity contribution is 0.509. The molecule has 2 N–H and O–H groups in total. The summed E-state index contributed by atoms with van der Waals surface area (Å²) in [5.74, 6) is 1.14. The maximum Gasteiger partial charge on any atom is 0.165 e. The first-order valence-electron chi connectivity index (χ1n) is 8.06. The minimum Gasteiger partial charge on any atom is -0.399 e. The molecule has 6 heteroatoms. The predicted molar refractivity (Wildman–Crippen MR) is 95.6 cm³/mol. The maximum absolute atomic E-state index is 14.5. The summed E-state index contributed by atoms with van der Waals surface area (Å²) < 4.78 is 16.5. The quantitative estimate of drug-likeness (QED) is 0.693. The highest BCUT2D eigenvalue weighted by Crippen LogP contribution is 2.35. The number of anilines is 1. The maximum atomic E-state index is 14.5. The number of aryl methyl sites for hydroxylation is 1. The third-order valence-electron chi connectivity index (χ3n) is 4.41. The van der Waals surface area contributed by atoms with Crippen LogP contribution in [0.3, 0.4) is 0 Å². The molecule has 0 atom stereocenters. The van der Waals surface area contributed by atoms with Crippen LogP contribution in [-0.2, 0) is 5.54 Å². The molecular weight excluding hydrogens is 317 g/mol. The Balaban J connectivity index is 2.12. The smallest absolute Gasteiger partial charge is 0.165 e. The lowest BCUT2D eigenvalue weighted by Gasteiger charge is -2.18. The van der Waals surface area contributed by atoms with Crippen molar-refractivity contribution in [3.8, 4) is 5.69 Å². The van der Waals surface area contributed by atoms with Crippen LogP contribution in [0.4, 0.5) is 10.1 Å². The molecule has 5 nitrogen and oxygen atoms in total. The molecule has 25 heavy (non-hydrogen) atoms. The number of hydrogen-bond donors (Lipinski definition) is 1. The SMILES string of the molecule is Cc1nnc2n1-c1ccc(N)cc1C(c1ccccc1F)=NC2(C)C. The van der Waals surface area contributed by atoms with Gasteiger partial charge in [0.25, 0.3) is 0 Å². The fraction of sp³-hybridized carbons (Fsp3) is 0.211. The van der Waals surface area contributed by atoms with E-state index in [2.05, 4.69) is 10.2 Å². The van der Waals surface area contributed by atoms with Crippen molar-refractivity contribution in [1.29, 1.82) is 0 Å². The molecule has 0 saturated carbocycles. The monoisotopic (exact) mass is 335 g/mol. The Morgan fingerprint density at radius 3 is 2.56 bits per heavy atom. The normalized spacial score (nSPS) is 15.1. The minimum atomic E-state index is -0.674. The number of nitrogen functional groups attached to an aromatic ring is 1. The highest BCUT2D eigenvalue weighted by molar-refractivity contribution is 6.16. The van der Waals surface area contributed by atoms with Crippen molar-refractivity contribution >= 4 is 11.4 Å². The highest BCUT2D eigenvalue weighted by Gasteiger charge is 2.34. The van der Waals surface area contributed by atoms with Crippen LogP contribution >= 0.6 is 0 Å². The number of aliphatic imine (C=N–C) groups is 1. The predicted octanol–water partition coefficient (Wildman–Crippen LogP) is 3.38. The summed E-state index contributed by atoms with van der Waals surface area (Å²) in [4.78, 5) is 4.87. The zero-order valence-electron chi connectivity index (χ0n) is 14.3. The number of nitrogens with two attached hydrogens (primary N) is 1. The van der Waals surface area contributed by atoms with Gasteiger partial charge in [-0.2, -0.15) is 0 Å². The topological polar surface area (TPSA) is 69.1 Å². The third-order valence-corrected chi connectivity index (χ3v) is 4.41. The number of benzene rings is 2. The lowest BCUT2D eigenvalue weighted by Crippen LogP contribution is -2.20. The van der Waals surface area contributed by atoms with Crippen molar-refractivity contribution < 1.29 is 4.39 Å². The minimum absolute atomic E-state index is 0.320. The van der Waals surface area contributed by atoms with E-state index >= 15 is 0 Å². The van der Waals surface area contributed by atoms with E-state index in [-0.39, 0.29) is 5.82 Å². The Morgan fingerprint density at radius 1 is 1.04 bits per heavy atom. The summed E-state index contributed by atoms with van der Waals surface area (Å²) in [6.07, 6.45) is 0. The molecule has 0 aliphatic carbocycles. The summed E-state index contributed by atoms with van der Waals surface area (Å²) in [6.45, 7) is 5.78. The van der Waals surface area contributed by atoms with Gasteiger partial charge in [-0.3, -0.25) is 9.56 Å². The highest BCUT2D eigenvalue weighted by atomic mass is 19.1. The second-order valence-electron chi connectivity index (χ2n) is 6.68. The van der Waals surface area contributed by atoms with E-state index in [1.807, 2.05) is 43.5 Å². The molecule has 0 amide bonds. The first-order valence-corrected chi connectivity index (χ1v) is 8.06. The van der Waals surface area contributed by atoms with Crippen molar-refractivity contribution in [2.24, 2.45) is 4.99 Å². The van der Waals surface area contributed by atoms with Gasteiger partial charge < -0.3 is 5.73 Å².